The van der Waals surface area contributed by atoms with Gasteiger partial charge in [0.1, 0.15) is 5.82 Å². The molecule has 100 valence electrons. The van der Waals surface area contributed by atoms with E-state index in [0.29, 0.717) is 24.5 Å². The van der Waals surface area contributed by atoms with Crippen LogP contribution < -0.4 is 5.32 Å². The van der Waals surface area contributed by atoms with Crippen molar-refractivity contribution in [3.05, 3.63) is 41.5 Å². The Balaban J connectivity index is 2.07. The molecular formula is C13H16N4O2. The van der Waals surface area contributed by atoms with Gasteiger partial charge in [-0.2, -0.15) is 0 Å². The molecule has 0 fully saturated rings. The monoisotopic (exact) mass is 260 g/mol. The maximum absolute atomic E-state index is 11.9. The van der Waals surface area contributed by atoms with E-state index in [9.17, 15) is 4.79 Å². The van der Waals surface area contributed by atoms with Crippen molar-refractivity contribution in [3.8, 4) is 0 Å². The van der Waals surface area contributed by atoms with Crippen molar-refractivity contribution < 1.29 is 9.53 Å². The van der Waals surface area contributed by atoms with Crippen LogP contribution in [0.15, 0.2) is 24.3 Å². The van der Waals surface area contributed by atoms with Crippen LogP contribution in [0.2, 0.25) is 0 Å². The maximum Gasteiger partial charge on any atom is 0.295 e. The average Bonchev–Trinajstić information content (AvgIpc) is 2.88. The van der Waals surface area contributed by atoms with E-state index >= 15 is 0 Å². The van der Waals surface area contributed by atoms with Crippen molar-refractivity contribution >= 4 is 11.6 Å². The summed E-state index contributed by atoms with van der Waals surface area (Å²) in [5.41, 5.74) is 1.69. The normalized spacial score (nSPS) is 10.4. The third-order valence-electron chi connectivity index (χ3n) is 2.57. The molecular weight excluding hydrogens is 244 g/mol. The van der Waals surface area contributed by atoms with Gasteiger partial charge in [-0.25, -0.2) is 4.98 Å². The van der Waals surface area contributed by atoms with Crippen LogP contribution in [0.4, 0.5) is 5.69 Å². The summed E-state index contributed by atoms with van der Waals surface area (Å²) in [5, 5.41) is 9.34. The lowest BCUT2D eigenvalue weighted by atomic mass is 10.2. The zero-order chi connectivity index (χ0) is 13.7. The van der Waals surface area contributed by atoms with E-state index in [1.807, 2.05) is 31.2 Å². The number of H-pyrrole nitrogens is 1. The fourth-order valence-electron chi connectivity index (χ4n) is 1.65. The summed E-state index contributed by atoms with van der Waals surface area (Å²) < 4.78 is 5.05. The lowest BCUT2D eigenvalue weighted by Crippen LogP contribution is -2.14. The third-order valence-corrected chi connectivity index (χ3v) is 2.57. The number of amides is 1. The quantitative estimate of drug-likeness (QED) is 0.858. The van der Waals surface area contributed by atoms with E-state index in [4.69, 9.17) is 4.74 Å². The van der Waals surface area contributed by atoms with Crippen LogP contribution in [-0.2, 0) is 17.8 Å². The van der Waals surface area contributed by atoms with Crippen molar-refractivity contribution in [2.75, 3.05) is 12.4 Å². The lowest BCUT2D eigenvalue weighted by Gasteiger charge is -2.05. The predicted octanol–water partition coefficient (Wildman–Crippen LogP) is 1.77. The Morgan fingerprint density at radius 2 is 2.32 bits per heavy atom. The van der Waals surface area contributed by atoms with E-state index in [0.717, 1.165) is 5.56 Å². The lowest BCUT2D eigenvalue weighted by molar-refractivity contribution is 0.101. The molecule has 6 heteroatoms. The average molecular weight is 260 g/mol. The van der Waals surface area contributed by atoms with Crippen LogP contribution in [0.25, 0.3) is 0 Å². The molecule has 0 aliphatic rings. The molecule has 0 radical (unpaired) electrons. The van der Waals surface area contributed by atoms with Crippen molar-refractivity contribution in [1.29, 1.82) is 0 Å². The molecule has 0 aliphatic heterocycles. The van der Waals surface area contributed by atoms with Gasteiger partial charge in [0.2, 0.25) is 5.82 Å². The van der Waals surface area contributed by atoms with Crippen LogP contribution in [0.3, 0.4) is 0 Å². The molecule has 0 spiro atoms. The number of aryl methyl sites for hydroxylation is 1. The molecule has 0 bridgehead atoms. The van der Waals surface area contributed by atoms with Gasteiger partial charge in [-0.15, -0.1) is 5.10 Å². The number of aromatic nitrogens is 3. The van der Waals surface area contributed by atoms with Crippen LogP contribution >= 0.6 is 0 Å². The summed E-state index contributed by atoms with van der Waals surface area (Å²) >= 11 is 0. The summed E-state index contributed by atoms with van der Waals surface area (Å²) in [6.45, 7) is 2.45. The van der Waals surface area contributed by atoms with Gasteiger partial charge in [-0.05, 0) is 17.7 Å². The molecule has 0 aliphatic carbocycles. The van der Waals surface area contributed by atoms with Gasteiger partial charge in [0, 0.05) is 19.2 Å². The van der Waals surface area contributed by atoms with E-state index < -0.39 is 0 Å². The fourth-order valence-corrected chi connectivity index (χ4v) is 1.65. The smallest absolute Gasteiger partial charge is 0.295 e. The van der Waals surface area contributed by atoms with E-state index in [-0.39, 0.29) is 11.7 Å². The molecule has 2 aromatic rings. The topological polar surface area (TPSA) is 79.9 Å². The second-order valence-electron chi connectivity index (χ2n) is 4.05. The first kappa shape index (κ1) is 13.2. The first-order valence-electron chi connectivity index (χ1n) is 6.03. The van der Waals surface area contributed by atoms with Gasteiger partial charge in [0.15, 0.2) is 0 Å². The molecule has 2 rings (SSSR count). The third kappa shape index (κ3) is 3.38. The first-order chi connectivity index (χ1) is 9.22. The van der Waals surface area contributed by atoms with E-state index in [1.165, 1.54) is 0 Å². The molecule has 1 aromatic heterocycles. The number of methoxy groups -OCH3 is 1. The second-order valence-corrected chi connectivity index (χ2v) is 4.05. The van der Waals surface area contributed by atoms with Crippen molar-refractivity contribution in [2.45, 2.75) is 20.0 Å². The standard InChI is InChI=1S/C13H16N4O2/c1-3-11-15-12(17-16-11)13(18)14-10-6-4-5-9(7-10)8-19-2/h4-7H,3,8H2,1-2H3,(H,14,18)(H,15,16,17). The Labute approximate surface area is 111 Å². The second kappa shape index (κ2) is 6.10. The van der Waals surface area contributed by atoms with Gasteiger partial charge in [0.25, 0.3) is 5.91 Å². The summed E-state index contributed by atoms with van der Waals surface area (Å²) in [6.07, 6.45) is 0.712. The molecule has 2 N–H and O–H groups in total. The molecule has 0 atom stereocenters. The number of nitrogens with one attached hydrogen (secondary N) is 2. The van der Waals surface area contributed by atoms with Gasteiger partial charge >= 0.3 is 0 Å². The highest BCUT2D eigenvalue weighted by Crippen LogP contribution is 2.12. The number of carbonyl (C=O) groups excluding carboxylic acids is 1. The summed E-state index contributed by atoms with van der Waals surface area (Å²) in [4.78, 5) is 16.0. The first-order valence-corrected chi connectivity index (χ1v) is 6.03. The SMILES string of the molecule is CCc1nc(C(=O)Nc2cccc(COC)c2)n[nH]1. The minimum atomic E-state index is -0.328. The number of ether oxygens (including phenoxy) is 1. The predicted molar refractivity (Wildman–Crippen MR) is 70.9 cm³/mol. The Bertz CT molecular complexity index is 565. The Kier molecular flexibility index (Phi) is 4.25. The molecule has 1 amide bonds. The Hall–Kier alpha value is -2.21. The van der Waals surface area contributed by atoms with Gasteiger partial charge in [-0.3, -0.25) is 9.89 Å². The van der Waals surface area contributed by atoms with Gasteiger partial charge in [0.05, 0.1) is 6.61 Å². The summed E-state index contributed by atoms with van der Waals surface area (Å²) in [5.74, 6) is 0.512. The molecule has 1 heterocycles. The highest BCUT2D eigenvalue weighted by molar-refractivity contribution is 6.01. The molecule has 0 saturated heterocycles. The maximum atomic E-state index is 11.9. The highest BCUT2D eigenvalue weighted by Gasteiger charge is 2.12. The zero-order valence-electron chi connectivity index (χ0n) is 10.9. The molecule has 0 saturated carbocycles. The van der Waals surface area contributed by atoms with E-state index in [1.54, 1.807) is 7.11 Å². The van der Waals surface area contributed by atoms with Gasteiger partial charge in [-0.1, -0.05) is 19.1 Å². The molecule has 6 nitrogen and oxygen atoms in total. The van der Waals surface area contributed by atoms with E-state index in [2.05, 4.69) is 20.5 Å². The van der Waals surface area contributed by atoms with Crippen molar-refractivity contribution in [1.82, 2.24) is 15.2 Å². The Morgan fingerprint density at radius 1 is 1.47 bits per heavy atom. The highest BCUT2D eigenvalue weighted by atomic mass is 16.5. The number of rotatable bonds is 5. The van der Waals surface area contributed by atoms with Crippen molar-refractivity contribution in [3.63, 3.8) is 0 Å². The largest absolute Gasteiger partial charge is 0.380 e. The van der Waals surface area contributed by atoms with Crippen LogP contribution in [0.5, 0.6) is 0 Å². The number of nitrogens with zero attached hydrogens (tertiary/aromatic N) is 2. The summed E-state index contributed by atoms with van der Waals surface area (Å²) in [6, 6.07) is 7.46. The number of benzene rings is 1. The fraction of sp³-hybridized carbons (Fsp3) is 0.308. The molecule has 1 aromatic carbocycles. The Morgan fingerprint density at radius 3 is 3.00 bits per heavy atom. The summed E-state index contributed by atoms with van der Waals surface area (Å²) in [7, 11) is 1.63. The number of carbonyl (C=O) groups is 1. The van der Waals surface area contributed by atoms with Crippen molar-refractivity contribution in [2.24, 2.45) is 0 Å². The minimum Gasteiger partial charge on any atom is -0.380 e. The number of aromatic amines is 1. The van der Waals surface area contributed by atoms with Crippen LogP contribution in [0.1, 0.15) is 28.9 Å². The molecule has 0 unspecified atom stereocenters. The number of anilines is 1. The molecule has 19 heavy (non-hydrogen) atoms. The zero-order valence-corrected chi connectivity index (χ0v) is 10.9. The van der Waals surface area contributed by atoms with Crippen LogP contribution in [-0.4, -0.2) is 28.2 Å². The number of hydrogen-bond acceptors (Lipinski definition) is 4. The number of hydrogen-bond donors (Lipinski definition) is 2. The van der Waals surface area contributed by atoms with Gasteiger partial charge < -0.3 is 10.1 Å². The van der Waals surface area contributed by atoms with Crippen LogP contribution in [0, 0.1) is 0 Å². The minimum absolute atomic E-state index is 0.147.